The lowest BCUT2D eigenvalue weighted by molar-refractivity contribution is -0.385. The molecule has 1 atom stereocenters. The van der Waals surface area contributed by atoms with Gasteiger partial charge in [-0.3, -0.25) is 14.9 Å². The van der Waals surface area contributed by atoms with E-state index in [1.807, 2.05) is 0 Å². The highest BCUT2D eigenvalue weighted by Crippen LogP contribution is 2.20. The van der Waals surface area contributed by atoms with E-state index in [1.54, 1.807) is 24.3 Å². The Hall–Kier alpha value is -2.73. The SMILES string of the molecule is Cc1cc(C(=O)O[C@H](C)C(=O)c2ccc(Cl)cc2)ccc1[N+](=O)[O-]. The normalized spacial score (nSPS) is 11.6. The molecule has 0 fully saturated rings. The topological polar surface area (TPSA) is 86.5 Å². The minimum atomic E-state index is -0.992. The highest BCUT2D eigenvalue weighted by atomic mass is 35.5. The van der Waals surface area contributed by atoms with Crippen LogP contribution in [0.2, 0.25) is 5.02 Å². The van der Waals surface area contributed by atoms with Crippen LogP contribution in [0.3, 0.4) is 0 Å². The number of nitro benzene ring substituents is 1. The second-order valence-corrected chi connectivity index (χ2v) is 5.61. The molecule has 0 aromatic heterocycles. The molecule has 0 spiro atoms. The molecule has 0 unspecified atom stereocenters. The molecular formula is C17H14ClNO5. The molecule has 0 bridgehead atoms. The van der Waals surface area contributed by atoms with Crippen molar-refractivity contribution in [3.05, 3.63) is 74.3 Å². The van der Waals surface area contributed by atoms with Gasteiger partial charge in [-0.1, -0.05) is 11.6 Å². The number of Topliss-reactive ketones (excluding diaryl/α,β-unsaturated/α-hetero) is 1. The fourth-order valence-electron chi connectivity index (χ4n) is 2.12. The summed E-state index contributed by atoms with van der Waals surface area (Å²) in [4.78, 5) is 34.6. The Labute approximate surface area is 143 Å². The van der Waals surface area contributed by atoms with Crippen LogP contribution >= 0.6 is 11.6 Å². The number of nitro groups is 1. The number of ketones is 1. The number of hydrogen-bond donors (Lipinski definition) is 0. The standard InChI is InChI=1S/C17H14ClNO5/c1-10-9-13(5-8-15(10)19(22)23)17(21)24-11(2)16(20)12-3-6-14(18)7-4-12/h3-9,11H,1-2H3/t11-/m1/s1. The van der Waals surface area contributed by atoms with Gasteiger partial charge in [-0.15, -0.1) is 0 Å². The molecule has 0 radical (unpaired) electrons. The van der Waals surface area contributed by atoms with Gasteiger partial charge in [0.1, 0.15) is 0 Å². The van der Waals surface area contributed by atoms with Crippen molar-refractivity contribution in [2.24, 2.45) is 0 Å². The Kier molecular flexibility index (Phi) is 5.31. The Morgan fingerprint density at radius 3 is 2.25 bits per heavy atom. The second-order valence-electron chi connectivity index (χ2n) is 5.18. The molecule has 0 aliphatic carbocycles. The lowest BCUT2D eigenvalue weighted by atomic mass is 10.1. The molecule has 0 N–H and O–H groups in total. The second kappa shape index (κ2) is 7.23. The fraction of sp³-hybridized carbons (Fsp3) is 0.176. The largest absolute Gasteiger partial charge is 0.451 e. The van der Waals surface area contributed by atoms with Crippen LogP contribution in [0.4, 0.5) is 5.69 Å². The summed E-state index contributed by atoms with van der Waals surface area (Å²) in [6, 6.07) is 10.1. The summed E-state index contributed by atoms with van der Waals surface area (Å²) in [6.07, 6.45) is -0.992. The zero-order valence-corrected chi connectivity index (χ0v) is 13.7. The van der Waals surface area contributed by atoms with Crippen LogP contribution in [-0.4, -0.2) is 22.8 Å². The molecular weight excluding hydrogens is 334 g/mol. The third-order valence-corrected chi connectivity index (χ3v) is 3.66. The maximum Gasteiger partial charge on any atom is 0.338 e. The molecule has 6 nitrogen and oxygen atoms in total. The zero-order valence-electron chi connectivity index (χ0n) is 13.0. The van der Waals surface area contributed by atoms with Crippen LogP contribution in [0.1, 0.15) is 33.2 Å². The third-order valence-electron chi connectivity index (χ3n) is 3.41. The Balaban J connectivity index is 2.11. The molecule has 0 amide bonds. The summed E-state index contributed by atoms with van der Waals surface area (Å²) < 4.78 is 5.15. The Morgan fingerprint density at radius 1 is 1.12 bits per heavy atom. The number of nitrogens with zero attached hydrogens (tertiary/aromatic N) is 1. The van der Waals surface area contributed by atoms with Gasteiger partial charge in [0, 0.05) is 22.2 Å². The van der Waals surface area contributed by atoms with Gasteiger partial charge < -0.3 is 4.74 Å². The predicted octanol–water partition coefficient (Wildman–Crippen LogP) is 3.98. The Bertz CT molecular complexity index is 801. The van der Waals surface area contributed by atoms with Gasteiger partial charge in [-0.25, -0.2) is 4.79 Å². The van der Waals surface area contributed by atoms with E-state index in [9.17, 15) is 19.7 Å². The molecule has 0 saturated heterocycles. The van der Waals surface area contributed by atoms with Crippen LogP contribution in [0.15, 0.2) is 42.5 Å². The number of halogens is 1. The van der Waals surface area contributed by atoms with Gasteiger partial charge in [-0.2, -0.15) is 0 Å². The molecule has 124 valence electrons. The molecule has 2 rings (SSSR count). The zero-order chi connectivity index (χ0) is 17.9. The first-order valence-electron chi connectivity index (χ1n) is 7.05. The highest BCUT2D eigenvalue weighted by Gasteiger charge is 2.21. The number of hydrogen-bond acceptors (Lipinski definition) is 5. The van der Waals surface area contributed by atoms with Crippen LogP contribution in [0.5, 0.6) is 0 Å². The van der Waals surface area contributed by atoms with E-state index >= 15 is 0 Å². The van der Waals surface area contributed by atoms with E-state index in [1.165, 1.54) is 32.0 Å². The Morgan fingerprint density at radius 2 is 1.71 bits per heavy atom. The number of aryl methyl sites for hydroxylation is 1. The summed E-state index contributed by atoms with van der Waals surface area (Å²) >= 11 is 5.77. The van der Waals surface area contributed by atoms with Crippen molar-refractivity contribution in [2.75, 3.05) is 0 Å². The van der Waals surface area contributed by atoms with Crippen molar-refractivity contribution in [2.45, 2.75) is 20.0 Å². The van der Waals surface area contributed by atoms with Crippen molar-refractivity contribution in [3.8, 4) is 0 Å². The van der Waals surface area contributed by atoms with E-state index < -0.39 is 17.0 Å². The van der Waals surface area contributed by atoms with E-state index in [-0.39, 0.29) is 17.0 Å². The maximum absolute atomic E-state index is 12.2. The van der Waals surface area contributed by atoms with Crippen molar-refractivity contribution < 1.29 is 19.2 Å². The number of carbonyl (C=O) groups excluding carboxylic acids is 2. The van der Waals surface area contributed by atoms with Gasteiger partial charge in [0.25, 0.3) is 5.69 Å². The van der Waals surface area contributed by atoms with Gasteiger partial charge in [0.2, 0.25) is 5.78 Å². The van der Waals surface area contributed by atoms with Gasteiger partial charge in [0.05, 0.1) is 10.5 Å². The average Bonchev–Trinajstić information content (AvgIpc) is 2.54. The van der Waals surface area contributed by atoms with E-state index in [2.05, 4.69) is 0 Å². The lowest BCUT2D eigenvalue weighted by Gasteiger charge is -2.12. The number of carbonyl (C=O) groups is 2. The first kappa shape index (κ1) is 17.6. The summed E-state index contributed by atoms with van der Waals surface area (Å²) in [5.41, 5.74) is 0.774. The smallest absolute Gasteiger partial charge is 0.338 e. The quantitative estimate of drug-likeness (QED) is 0.353. The van der Waals surface area contributed by atoms with Crippen molar-refractivity contribution >= 4 is 29.0 Å². The highest BCUT2D eigenvalue weighted by molar-refractivity contribution is 6.30. The van der Waals surface area contributed by atoms with Crippen molar-refractivity contribution in [3.63, 3.8) is 0 Å². The molecule has 2 aromatic rings. The molecule has 0 aliphatic rings. The molecule has 24 heavy (non-hydrogen) atoms. The van der Waals surface area contributed by atoms with Crippen LogP contribution in [0.25, 0.3) is 0 Å². The molecule has 0 aliphatic heterocycles. The average molecular weight is 348 g/mol. The van der Waals surface area contributed by atoms with E-state index in [4.69, 9.17) is 16.3 Å². The van der Waals surface area contributed by atoms with Gasteiger partial charge >= 0.3 is 5.97 Å². The predicted molar refractivity (Wildman–Crippen MR) is 88.5 cm³/mol. The maximum atomic E-state index is 12.2. The monoisotopic (exact) mass is 347 g/mol. The minimum absolute atomic E-state index is 0.0863. The number of rotatable bonds is 5. The molecule has 0 heterocycles. The summed E-state index contributed by atoms with van der Waals surface area (Å²) in [5, 5.41) is 11.3. The number of ether oxygens (including phenoxy) is 1. The number of benzene rings is 2. The fourth-order valence-corrected chi connectivity index (χ4v) is 2.24. The lowest BCUT2D eigenvalue weighted by Crippen LogP contribution is -2.24. The molecule has 2 aromatic carbocycles. The van der Waals surface area contributed by atoms with Crippen LogP contribution in [-0.2, 0) is 4.74 Å². The first-order chi connectivity index (χ1) is 11.3. The van der Waals surface area contributed by atoms with Crippen molar-refractivity contribution in [1.82, 2.24) is 0 Å². The third kappa shape index (κ3) is 3.97. The van der Waals surface area contributed by atoms with E-state index in [0.717, 1.165) is 0 Å². The summed E-state index contributed by atoms with van der Waals surface area (Å²) in [5.74, 6) is -1.08. The van der Waals surface area contributed by atoms with Crippen LogP contribution in [0, 0.1) is 17.0 Å². The molecule has 7 heteroatoms. The van der Waals surface area contributed by atoms with Crippen molar-refractivity contribution in [1.29, 1.82) is 0 Å². The summed E-state index contributed by atoms with van der Waals surface area (Å²) in [6.45, 7) is 2.99. The van der Waals surface area contributed by atoms with Gasteiger partial charge in [-0.05, 0) is 50.2 Å². The molecule has 0 saturated carbocycles. The van der Waals surface area contributed by atoms with E-state index in [0.29, 0.717) is 16.1 Å². The van der Waals surface area contributed by atoms with Gasteiger partial charge in [0.15, 0.2) is 6.10 Å². The van der Waals surface area contributed by atoms with Crippen LogP contribution < -0.4 is 0 Å². The minimum Gasteiger partial charge on any atom is -0.451 e. The number of esters is 1. The summed E-state index contributed by atoms with van der Waals surface area (Å²) in [7, 11) is 0. The first-order valence-corrected chi connectivity index (χ1v) is 7.43.